The molecule has 0 aromatic carbocycles. The van der Waals surface area contributed by atoms with E-state index in [1.165, 1.54) is 12.2 Å². The topological polar surface area (TPSA) is 0 Å². The molecule has 0 saturated carbocycles. The van der Waals surface area contributed by atoms with E-state index in [0.29, 0.717) is 0 Å². The molecule has 0 atom stereocenters. The van der Waals surface area contributed by atoms with Crippen LogP contribution in [0.5, 0.6) is 0 Å². The van der Waals surface area contributed by atoms with E-state index in [1.807, 2.05) is 11.8 Å². The summed E-state index contributed by atoms with van der Waals surface area (Å²) in [6, 6.07) is 0. The van der Waals surface area contributed by atoms with Crippen LogP contribution in [0.1, 0.15) is 6.42 Å². The molecule has 2 heteroatoms. The van der Waals surface area contributed by atoms with Crippen molar-refractivity contribution in [1.82, 2.24) is 0 Å². The van der Waals surface area contributed by atoms with Crippen LogP contribution in [-0.2, 0) is 0 Å². The van der Waals surface area contributed by atoms with Crippen LogP contribution in [0.4, 0.5) is 0 Å². The summed E-state index contributed by atoms with van der Waals surface area (Å²) < 4.78 is 0. The fourth-order valence-electron chi connectivity index (χ4n) is 0.199. The summed E-state index contributed by atoms with van der Waals surface area (Å²) in [5, 5.41) is 1.15. The van der Waals surface area contributed by atoms with Crippen LogP contribution in [0, 0.1) is 0 Å². The lowest BCUT2D eigenvalue weighted by atomic mass is 10.6. The van der Waals surface area contributed by atoms with Crippen molar-refractivity contribution in [3.8, 4) is 0 Å². The molecular weight excluding hydrogens is 160 g/mol. The quantitative estimate of drug-likeness (QED) is 0.460. The van der Waals surface area contributed by atoms with Crippen molar-refractivity contribution in [3.63, 3.8) is 0 Å². The molecule has 0 rings (SSSR count). The highest BCUT2D eigenvalue weighted by molar-refractivity contribution is 9.09. The normalized spacial score (nSPS) is 9.00. The standard InChI is InChI=1S/C4H9BrS/c1-6-4-2-3-5/h2-4H2,1H3. The molecule has 0 radical (unpaired) electrons. The van der Waals surface area contributed by atoms with Gasteiger partial charge in [-0.2, -0.15) is 11.8 Å². The lowest BCUT2D eigenvalue weighted by Gasteiger charge is -1.85. The maximum atomic E-state index is 3.34. The molecule has 0 heterocycles. The lowest BCUT2D eigenvalue weighted by Crippen LogP contribution is -1.75. The van der Waals surface area contributed by atoms with E-state index in [4.69, 9.17) is 0 Å². The highest BCUT2D eigenvalue weighted by Crippen LogP contribution is 1.96. The monoisotopic (exact) mass is 168 g/mol. The predicted octanol–water partition coefficient (Wildman–Crippen LogP) is 2.13. The van der Waals surface area contributed by atoms with Crippen LogP contribution in [0.3, 0.4) is 0 Å². The maximum Gasteiger partial charge on any atom is 0.00391 e. The first-order valence-electron chi connectivity index (χ1n) is 1.96. The van der Waals surface area contributed by atoms with Gasteiger partial charge >= 0.3 is 0 Å². The van der Waals surface area contributed by atoms with Crippen molar-refractivity contribution in [2.75, 3.05) is 17.3 Å². The van der Waals surface area contributed by atoms with Crippen LogP contribution in [-0.4, -0.2) is 17.3 Å². The maximum absolute atomic E-state index is 3.34. The summed E-state index contributed by atoms with van der Waals surface area (Å²) in [5.41, 5.74) is 0. The molecule has 0 N–H and O–H groups in total. The largest absolute Gasteiger partial charge is 0.165 e. The minimum absolute atomic E-state index is 1.15. The molecule has 0 aliphatic rings. The van der Waals surface area contributed by atoms with Gasteiger partial charge in [-0.05, 0) is 18.4 Å². The van der Waals surface area contributed by atoms with Gasteiger partial charge < -0.3 is 0 Å². The van der Waals surface area contributed by atoms with Crippen LogP contribution in [0.25, 0.3) is 0 Å². The van der Waals surface area contributed by atoms with Gasteiger partial charge in [0, 0.05) is 5.33 Å². The third-order valence-electron chi connectivity index (χ3n) is 0.482. The number of thioether (sulfide) groups is 1. The number of hydrogen-bond donors (Lipinski definition) is 0. The first-order chi connectivity index (χ1) is 2.91. The minimum Gasteiger partial charge on any atom is -0.165 e. The number of alkyl halides is 1. The molecule has 0 unspecified atom stereocenters. The van der Waals surface area contributed by atoms with Gasteiger partial charge in [-0.15, -0.1) is 0 Å². The zero-order valence-corrected chi connectivity index (χ0v) is 6.31. The first kappa shape index (κ1) is 6.83. The highest BCUT2D eigenvalue weighted by atomic mass is 79.9. The first-order valence-corrected chi connectivity index (χ1v) is 4.48. The molecule has 0 aliphatic carbocycles. The molecular formula is C4H9BrS. The number of hydrogen-bond acceptors (Lipinski definition) is 1. The van der Waals surface area contributed by atoms with E-state index in [1.54, 1.807) is 0 Å². The summed E-state index contributed by atoms with van der Waals surface area (Å²) in [6.07, 6.45) is 3.42. The third kappa shape index (κ3) is 4.83. The Labute approximate surface area is 51.8 Å². The minimum atomic E-state index is 1.15. The molecule has 0 saturated heterocycles. The molecule has 0 nitrogen and oxygen atoms in total. The van der Waals surface area contributed by atoms with Crippen molar-refractivity contribution in [3.05, 3.63) is 0 Å². The van der Waals surface area contributed by atoms with Gasteiger partial charge in [0.05, 0.1) is 0 Å². The van der Waals surface area contributed by atoms with E-state index < -0.39 is 0 Å². The van der Waals surface area contributed by atoms with Crippen molar-refractivity contribution in [2.45, 2.75) is 6.42 Å². The Balaban J connectivity index is 2.34. The second-order valence-corrected chi connectivity index (χ2v) is 2.81. The molecule has 0 aliphatic heterocycles. The summed E-state index contributed by atoms with van der Waals surface area (Å²) in [7, 11) is 0. The van der Waals surface area contributed by atoms with Gasteiger partial charge in [0.25, 0.3) is 0 Å². The van der Waals surface area contributed by atoms with Gasteiger partial charge in [-0.1, -0.05) is 15.9 Å². The van der Waals surface area contributed by atoms with Gasteiger partial charge in [-0.25, -0.2) is 0 Å². The van der Waals surface area contributed by atoms with Crippen molar-refractivity contribution in [2.24, 2.45) is 0 Å². The van der Waals surface area contributed by atoms with E-state index in [2.05, 4.69) is 22.2 Å². The third-order valence-corrected chi connectivity index (χ3v) is 1.74. The SMILES string of the molecule is CSCCCBr. The van der Waals surface area contributed by atoms with Crippen LogP contribution in [0.15, 0.2) is 0 Å². The molecule has 0 aromatic heterocycles. The average Bonchev–Trinajstić information content (AvgIpc) is 1.61. The van der Waals surface area contributed by atoms with Gasteiger partial charge in [0.15, 0.2) is 0 Å². The van der Waals surface area contributed by atoms with E-state index in [9.17, 15) is 0 Å². The summed E-state index contributed by atoms with van der Waals surface area (Å²) in [5.74, 6) is 1.28. The zero-order valence-electron chi connectivity index (χ0n) is 3.91. The van der Waals surface area contributed by atoms with Crippen molar-refractivity contribution < 1.29 is 0 Å². The fraction of sp³-hybridized carbons (Fsp3) is 1.00. The van der Waals surface area contributed by atoms with Crippen LogP contribution in [0.2, 0.25) is 0 Å². The Hall–Kier alpha value is 0.830. The van der Waals surface area contributed by atoms with Gasteiger partial charge in [0.2, 0.25) is 0 Å². The van der Waals surface area contributed by atoms with Crippen molar-refractivity contribution in [1.29, 1.82) is 0 Å². The number of rotatable bonds is 3. The summed E-state index contributed by atoms with van der Waals surface area (Å²) in [6.45, 7) is 0. The Morgan fingerprint density at radius 1 is 1.67 bits per heavy atom. The highest BCUT2D eigenvalue weighted by Gasteiger charge is 1.76. The summed E-state index contributed by atoms with van der Waals surface area (Å²) in [4.78, 5) is 0. The van der Waals surface area contributed by atoms with Crippen LogP contribution < -0.4 is 0 Å². The van der Waals surface area contributed by atoms with E-state index >= 15 is 0 Å². The predicted molar refractivity (Wildman–Crippen MR) is 36.8 cm³/mol. The Morgan fingerprint density at radius 2 is 2.33 bits per heavy atom. The van der Waals surface area contributed by atoms with E-state index in [0.717, 1.165) is 5.33 Å². The lowest BCUT2D eigenvalue weighted by molar-refractivity contribution is 1.14. The molecule has 0 amide bonds. The Morgan fingerprint density at radius 3 is 2.50 bits per heavy atom. The smallest absolute Gasteiger partial charge is 0.00391 e. The molecule has 0 aromatic rings. The van der Waals surface area contributed by atoms with Crippen molar-refractivity contribution >= 4 is 27.7 Å². The second kappa shape index (κ2) is 5.83. The fourth-order valence-corrected chi connectivity index (χ4v) is 1.28. The second-order valence-electron chi connectivity index (χ2n) is 1.04. The van der Waals surface area contributed by atoms with Gasteiger partial charge in [-0.3, -0.25) is 0 Å². The van der Waals surface area contributed by atoms with E-state index in [-0.39, 0.29) is 0 Å². The van der Waals surface area contributed by atoms with Gasteiger partial charge in [0.1, 0.15) is 0 Å². The Kier molecular flexibility index (Phi) is 6.64. The average molecular weight is 169 g/mol. The molecule has 0 spiro atoms. The summed E-state index contributed by atoms with van der Waals surface area (Å²) >= 11 is 5.23. The molecule has 0 fully saturated rings. The number of halogens is 1. The molecule has 0 bridgehead atoms. The molecule has 6 heavy (non-hydrogen) atoms. The zero-order chi connectivity index (χ0) is 4.83. The molecule has 38 valence electrons. The Bertz CT molecular complexity index is 19.5. The van der Waals surface area contributed by atoms with Crippen LogP contribution >= 0.6 is 27.7 Å².